The van der Waals surface area contributed by atoms with E-state index in [2.05, 4.69) is 11.3 Å². The number of aldehydes is 1. The third kappa shape index (κ3) is 3.82. The van der Waals surface area contributed by atoms with E-state index in [-0.39, 0.29) is 10.5 Å². The molecule has 6 heteroatoms. The van der Waals surface area contributed by atoms with Gasteiger partial charge in [-0.25, -0.2) is 8.42 Å². The maximum absolute atomic E-state index is 12.4. The Morgan fingerprint density at radius 3 is 2.23 bits per heavy atom. The summed E-state index contributed by atoms with van der Waals surface area (Å²) in [7, 11) is -3.81. The van der Waals surface area contributed by atoms with Crippen molar-refractivity contribution in [2.24, 2.45) is 0 Å². The van der Waals surface area contributed by atoms with Crippen LogP contribution in [-0.4, -0.2) is 14.7 Å². The first kappa shape index (κ1) is 16.4. The molecule has 2 aromatic carbocycles. The lowest BCUT2D eigenvalue weighted by Crippen LogP contribution is -2.30. The van der Waals surface area contributed by atoms with E-state index in [0.717, 1.165) is 0 Å². The number of halogens is 1. The summed E-state index contributed by atoms with van der Waals surface area (Å²) in [6, 6.07) is 13.7. The minimum Gasteiger partial charge on any atom is -0.298 e. The molecule has 0 bridgehead atoms. The molecule has 114 valence electrons. The molecule has 22 heavy (non-hydrogen) atoms. The van der Waals surface area contributed by atoms with Crippen LogP contribution in [0.1, 0.15) is 11.6 Å². The van der Waals surface area contributed by atoms with Crippen LogP contribution in [0.25, 0.3) is 0 Å². The number of carbonyl (C=O) groups is 1. The molecule has 0 fully saturated rings. The Bertz CT molecular complexity index is 771. The van der Waals surface area contributed by atoms with E-state index in [1.165, 1.54) is 24.3 Å². The third-order valence-electron chi connectivity index (χ3n) is 3.05. The topological polar surface area (TPSA) is 63.2 Å². The Balaban J connectivity index is 2.36. The van der Waals surface area contributed by atoms with Gasteiger partial charge in [-0.15, -0.1) is 0 Å². The lowest BCUT2D eigenvalue weighted by molar-refractivity contribution is -0.105. The summed E-state index contributed by atoms with van der Waals surface area (Å²) in [6.07, 6.45) is 0.544. The number of nitrogens with one attached hydrogen (secondary N) is 1. The SMILES string of the molecule is C=C(C=O)[C@@H](NS(=O)(=O)c1ccc(Cl)cc1)c1ccccc1. The molecular formula is C16H14ClNO3S. The highest BCUT2D eigenvalue weighted by Crippen LogP contribution is 2.23. The van der Waals surface area contributed by atoms with E-state index in [4.69, 9.17) is 11.6 Å². The van der Waals surface area contributed by atoms with Gasteiger partial charge >= 0.3 is 0 Å². The van der Waals surface area contributed by atoms with E-state index in [1.54, 1.807) is 30.3 Å². The fourth-order valence-electron chi connectivity index (χ4n) is 1.91. The first-order chi connectivity index (χ1) is 10.4. The van der Waals surface area contributed by atoms with E-state index >= 15 is 0 Å². The molecule has 2 aromatic rings. The van der Waals surface area contributed by atoms with E-state index in [1.807, 2.05) is 0 Å². The quantitative estimate of drug-likeness (QED) is 0.651. The summed E-state index contributed by atoms with van der Waals surface area (Å²) in [4.78, 5) is 11.1. The van der Waals surface area contributed by atoms with Crippen LogP contribution in [0.15, 0.2) is 71.6 Å². The smallest absolute Gasteiger partial charge is 0.241 e. The Kier molecular flexibility index (Phi) is 5.13. The van der Waals surface area contributed by atoms with Crippen molar-refractivity contribution in [2.45, 2.75) is 10.9 Å². The van der Waals surface area contributed by atoms with Crippen molar-refractivity contribution >= 4 is 27.9 Å². The van der Waals surface area contributed by atoms with Gasteiger partial charge < -0.3 is 0 Å². The average molecular weight is 336 g/mol. The van der Waals surface area contributed by atoms with Crippen molar-refractivity contribution in [3.05, 3.63) is 77.3 Å². The van der Waals surface area contributed by atoms with Gasteiger partial charge in [0.1, 0.15) is 6.29 Å². The predicted molar refractivity (Wildman–Crippen MR) is 86.2 cm³/mol. The van der Waals surface area contributed by atoms with Gasteiger partial charge in [0, 0.05) is 10.6 Å². The molecule has 0 saturated carbocycles. The third-order valence-corrected chi connectivity index (χ3v) is 4.74. The van der Waals surface area contributed by atoms with Gasteiger partial charge in [-0.2, -0.15) is 4.72 Å². The van der Waals surface area contributed by atoms with Crippen molar-refractivity contribution in [1.82, 2.24) is 4.72 Å². The first-order valence-electron chi connectivity index (χ1n) is 6.41. The van der Waals surface area contributed by atoms with Gasteiger partial charge in [-0.3, -0.25) is 4.79 Å². The van der Waals surface area contributed by atoms with Gasteiger partial charge in [0.05, 0.1) is 10.9 Å². The van der Waals surface area contributed by atoms with Crippen LogP contribution in [0, 0.1) is 0 Å². The molecule has 0 amide bonds. The molecule has 0 radical (unpaired) electrons. The Morgan fingerprint density at radius 1 is 1.09 bits per heavy atom. The molecule has 0 aromatic heterocycles. The van der Waals surface area contributed by atoms with Gasteiger partial charge in [0.15, 0.2) is 0 Å². The highest BCUT2D eigenvalue weighted by atomic mass is 35.5. The number of sulfonamides is 1. The monoisotopic (exact) mass is 335 g/mol. The van der Waals surface area contributed by atoms with E-state index in [9.17, 15) is 13.2 Å². The second kappa shape index (κ2) is 6.87. The number of hydrogen-bond acceptors (Lipinski definition) is 3. The van der Waals surface area contributed by atoms with Crippen molar-refractivity contribution in [3.63, 3.8) is 0 Å². The zero-order chi connectivity index (χ0) is 16.2. The summed E-state index contributed by atoms with van der Waals surface area (Å²) in [5.74, 6) is 0. The number of hydrogen-bond donors (Lipinski definition) is 1. The van der Waals surface area contributed by atoms with Crippen LogP contribution in [0.3, 0.4) is 0 Å². The van der Waals surface area contributed by atoms with Crippen LogP contribution < -0.4 is 4.72 Å². The lowest BCUT2D eigenvalue weighted by Gasteiger charge is -2.18. The molecule has 0 spiro atoms. The Morgan fingerprint density at radius 2 is 1.68 bits per heavy atom. The molecule has 0 aliphatic heterocycles. The summed E-state index contributed by atoms with van der Waals surface area (Å²) < 4.78 is 27.4. The van der Waals surface area contributed by atoms with Crippen molar-refractivity contribution in [3.8, 4) is 0 Å². The molecular weight excluding hydrogens is 322 g/mol. The molecule has 1 N–H and O–H groups in total. The van der Waals surface area contributed by atoms with Crippen molar-refractivity contribution in [1.29, 1.82) is 0 Å². The van der Waals surface area contributed by atoms with Crippen LogP contribution in [-0.2, 0) is 14.8 Å². The molecule has 2 rings (SSSR count). The molecule has 0 unspecified atom stereocenters. The Labute approximate surface area is 134 Å². The number of carbonyl (C=O) groups excluding carboxylic acids is 1. The second-order valence-corrected chi connectivity index (χ2v) is 6.76. The molecule has 0 saturated heterocycles. The summed E-state index contributed by atoms with van der Waals surface area (Å²) in [6.45, 7) is 3.63. The second-order valence-electron chi connectivity index (χ2n) is 4.61. The molecule has 1 atom stereocenters. The van der Waals surface area contributed by atoms with Crippen LogP contribution in [0.4, 0.5) is 0 Å². The molecule has 0 aliphatic carbocycles. The van der Waals surface area contributed by atoms with Crippen molar-refractivity contribution in [2.75, 3.05) is 0 Å². The fourth-order valence-corrected chi connectivity index (χ4v) is 3.26. The summed E-state index contributed by atoms with van der Waals surface area (Å²) >= 11 is 5.76. The highest BCUT2D eigenvalue weighted by Gasteiger charge is 2.23. The zero-order valence-electron chi connectivity index (χ0n) is 11.6. The summed E-state index contributed by atoms with van der Waals surface area (Å²) in [5, 5.41) is 0.441. The maximum Gasteiger partial charge on any atom is 0.241 e. The highest BCUT2D eigenvalue weighted by molar-refractivity contribution is 7.89. The minimum absolute atomic E-state index is 0.0662. The van der Waals surface area contributed by atoms with Gasteiger partial charge in [-0.1, -0.05) is 48.5 Å². The largest absolute Gasteiger partial charge is 0.298 e. The standard InChI is InChI=1S/C16H14ClNO3S/c1-12(11-19)16(13-5-3-2-4-6-13)18-22(20,21)15-9-7-14(17)8-10-15/h2-11,16,18H,1H2/t16-/m1/s1. The van der Waals surface area contributed by atoms with E-state index in [0.29, 0.717) is 16.9 Å². The van der Waals surface area contributed by atoms with E-state index < -0.39 is 16.1 Å². The predicted octanol–water partition coefficient (Wildman–Crippen LogP) is 3.11. The summed E-state index contributed by atoms with van der Waals surface area (Å²) in [5.41, 5.74) is 0.765. The Hall–Kier alpha value is -1.95. The number of benzene rings is 2. The zero-order valence-corrected chi connectivity index (χ0v) is 13.1. The minimum atomic E-state index is -3.81. The lowest BCUT2D eigenvalue weighted by atomic mass is 10.0. The molecule has 0 aliphatic rings. The molecule has 4 nitrogen and oxygen atoms in total. The van der Waals surface area contributed by atoms with Crippen LogP contribution in [0.2, 0.25) is 5.02 Å². The fraction of sp³-hybridized carbons (Fsp3) is 0.0625. The van der Waals surface area contributed by atoms with Crippen molar-refractivity contribution < 1.29 is 13.2 Å². The molecule has 0 heterocycles. The van der Waals surface area contributed by atoms with Gasteiger partial charge in [0.25, 0.3) is 0 Å². The van der Waals surface area contributed by atoms with Gasteiger partial charge in [-0.05, 0) is 29.8 Å². The maximum atomic E-state index is 12.4. The number of rotatable bonds is 6. The first-order valence-corrected chi connectivity index (χ1v) is 8.27. The van der Waals surface area contributed by atoms with Crippen LogP contribution in [0.5, 0.6) is 0 Å². The van der Waals surface area contributed by atoms with Crippen LogP contribution >= 0.6 is 11.6 Å². The average Bonchev–Trinajstić information content (AvgIpc) is 2.53. The van der Waals surface area contributed by atoms with Gasteiger partial charge in [0.2, 0.25) is 10.0 Å². The normalized spacial score (nSPS) is 12.6.